The Labute approximate surface area is 145 Å². The van der Waals surface area contributed by atoms with Gasteiger partial charge >= 0.3 is 5.97 Å². The lowest BCUT2D eigenvalue weighted by atomic mass is 10.1. The van der Waals surface area contributed by atoms with Crippen LogP contribution in [-0.2, 0) is 11.3 Å². The lowest BCUT2D eigenvalue weighted by Gasteiger charge is -2.04. The first-order valence-electron chi connectivity index (χ1n) is 7.78. The molecule has 128 valence electrons. The van der Waals surface area contributed by atoms with Crippen molar-refractivity contribution in [2.75, 3.05) is 7.11 Å². The van der Waals surface area contributed by atoms with E-state index in [0.717, 1.165) is 22.4 Å². The third-order valence-corrected chi connectivity index (χ3v) is 3.88. The second-order valence-corrected chi connectivity index (χ2v) is 5.62. The topological polar surface area (TPSA) is 74.5 Å². The molecule has 0 amide bonds. The van der Waals surface area contributed by atoms with Crippen LogP contribution in [0.25, 0.3) is 11.5 Å². The van der Waals surface area contributed by atoms with Crippen molar-refractivity contribution in [3.63, 3.8) is 0 Å². The highest BCUT2D eigenvalue weighted by Gasteiger charge is 2.13. The number of ether oxygens (including phenoxy) is 2. The van der Waals surface area contributed by atoms with Gasteiger partial charge in [-0.3, -0.25) is 0 Å². The second kappa shape index (κ2) is 7.17. The van der Waals surface area contributed by atoms with Crippen molar-refractivity contribution >= 4 is 5.97 Å². The van der Waals surface area contributed by atoms with E-state index in [2.05, 4.69) is 10.1 Å². The first kappa shape index (κ1) is 16.7. The smallest absolute Gasteiger partial charge is 0.338 e. The molecule has 3 aromatic rings. The van der Waals surface area contributed by atoms with Crippen LogP contribution in [0, 0.1) is 13.8 Å². The van der Waals surface area contributed by atoms with Gasteiger partial charge in [0.2, 0.25) is 5.82 Å². The van der Waals surface area contributed by atoms with Gasteiger partial charge in [0.15, 0.2) is 6.61 Å². The number of methoxy groups -OCH3 is 1. The maximum absolute atomic E-state index is 12.1. The number of rotatable bonds is 5. The predicted molar refractivity (Wildman–Crippen MR) is 91.3 cm³/mol. The van der Waals surface area contributed by atoms with Crippen molar-refractivity contribution in [3.05, 3.63) is 65.0 Å². The molecule has 0 atom stereocenters. The molecule has 0 unspecified atom stereocenters. The number of hydrogen-bond acceptors (Lipinski definition) is 6. The molecular formula is C19H18N2O4. The summed E-state index contributed by atoms with van der Waals surface area (Å²) in [4.78, 5) is 16.3. The van der Waals surface area contributed by atoms with Crippen molar-refractivity contribution in [3.8, 4) is 17.2 Å². The molecule has 3 rings (SSSR count). The Hall–Kier alpha value is -3.15. The molecular weight excluding hydrogens is 320 g/mol. The zero-order chi connectivity index (χ0) is 17.8. The van der Waals surface area contributed by atoms with Crippen molar-refractivity contribution < 1.29 is 18.8 Å². The fourth-order valence-corrected chi connectivity index (χ4v) is 2.25. The van der Waals surface area contributed by atoms with Crippen LogP contribution in [0.15, 0.2) is 47.0 Å². The van der Waals surface area contributed by atoms with Crippen molar-refractivity contribution in [2.24, 2.45) is 0 Å². The third-order valence-electron chi connectivity index (χ3n) is 3.88. The van der Waals surface area contributed by atoms with E-state index in [9.17, 15) is 4.79 Å². The summed E-state index contributed by atoms with van der Waals surface area (Å²) >= 11 is 0. The number of aryl methyl sites for hydroxylation is 2. The van der Waals surface area contributed by atoms with Crippen LogP contribution in [-0.4, -0.2) is 23.2 Å². The zero-order valence-corrected chi connectivity index (χ0v) is 14.3. The van der Waals surface area contributed by atoms with Gasteiger partial charge < -0.3 is 14.0 Å². The molecule has 0 fully saturated rings. The van der Waals surface area contributed by atoms with Crippen LogP contribution in [0.3, 0.4) is 0 Å². The summed E-state index contributed by atoms with van der Waals surface area (Å²) < 4.78 is 15.6. The highest BCUT2D eigenvalue weighted by atomic mass is 16.5. The molecule has 0 spiro atoms. The van der Waals surface area contributed by atoms with E-state index in [1.165, 1.54) is 0 Å². The molecule has 0 saturated heterocycles. The molecule has 0 bridgehead atoms. The molecule has 0 aliphatic carbocycles. The van der Waals surface area contributed by atoms with E-state index in [-0.39, 0.29) is 6.61 Å². The monoisotopic (exact) mass is 338 g/mol. The number of aromatic nitrogens is 2. The first-order chi connectivity index (χ1) is 12.1. The highest BCUT2D eigenvalue weighted by molar-refractivity contribution is 5.89. The van der Waals surface area contributed by atoms with E-state index in [1.807, 2.05) is 32.0 Å². The minimum Gasteiger partial charge on any atom is -0.497 e. The number of hydrogen-bond donors (Lipinski definition) is 0. The maximum Gasteiger partial charge on any atom is 0.338 e. The average molecular weight is 338 g/mol. The van der Waals surface area contributed by atoms with Gasteiger partial charge in [-0.2, -0.15) is 4.98 Å². The lowest BCUT2D eigenvalue weighted by molar-refractivity contribution is 0.0459. The van der Waals surface area contributed by atoms with Gasteiger partial charge in [-0.05, 0) is 61.4 Å². The lowest BCUT2D eigenvalue weighted by Crippen LogP contribution is -2.06. The van der Waals surface area contributed by atoms with Gasteiger partial charge in [0.25, 0.3) is 5.89 Å². The molecule has 1 heterocycles. The van der Waals surface area contributed by atoms with Gasteiger partial charge in [-0.1, -0.05) is 11.2 Å². The molecule has 0 saturated carbocycles. The molecule has 0 aliphatic heterocycles. The summed E-state index contributed by atoms with van der Waals surface area (Å²) in [5.74, 6) is 0.993. The fraction of sp³-hybridized carbons (Fsp3) is 0.211. The Morgan fingerprint density at radius 1 is 1.08 bits per heavy atom. The third kappa shape index (κ3) is 3.85. The molecule has 6 heteroatoms. The van der Waals surface area contributed by atoms with Gasteiger partial charge in [0.1, 0.15) is 5.75 Å². The number of esters is 1. The molecule has 0 aliphatic rings. The number of nitrogens with zero attached hydrogens (tertiary/aromatic N) is 2. The van der Waals surface area contributed by atoms with Gasteiger partial charge in [-0.15, -0.1) is 0 Å². The van der Waals surface area contributed by atoms with Gasteiger partial charge in [-0.25, -0.2) is 4.79 Å². The fourth-order valence-electron chi connectivity index (χ4n) is 2.25. The molecule has 0 radical (unpaired) electrons. The second-order valence-electron chi connectivity index (χ2n) is 5.62. The van der Waals surface area contributed by atoms with E-state index >= 15 is 0 Å². The normalized spacial score (nSPS) is 10.5. The van der Waals surface area contributed by atoms with E-state index < -0.39 is 5.97 Å². The summed E-state index contributed by atoms with van der Waals surface area (Å²) in [5, 5.41) is 3.84. The summed E-state index contributed by atoms with van der Waals surface area (Å²) in [6.45, 7) is 3.89. The van der Waals surface area contributed by atoms with Crippen LogP contribution in [0.5, 0.6) is 5.75 Å². The van der Waals surface area contributed by atoms with Crippen molar-refractivity contribution in [1.82, 2.24) is 10.1 Å². The highest BCUT2D eigenvalue weighted by Crippen LogP contribution is 2.21. The van der Waals surface area contributed by atoms with Crippen molar-refractivity contribution in [2.45, 2.75) is 20.5 Å². The molecule has 6 nitrogen and oxygen atoms in total. The Morgan fingerprint density at radius 2 is 1.84 bits per heavy atom. The summed E-state index contributed by atoms with van der Waals surface area (Å²) in [5.41, 5.74) is 3.43. The van der Waals surface area contributed by atoms with Crippen molar-refractivity contribution in [1.29, 1.82) is 0 Å². The minimum atomic E-state index is -0.418. The number of benzene rings is 2. The Bertz CT molecular complexity index is 885. The summed E-state index contributed by atoms with van der Waals surface area (Å²) in [6.07, 6.45) is 0. The minimum absolute atomic E-state index is 0.0502. The Kier molecular flexibility index (Phi) is 4.79. The van der Waals surface area contributed by atoms with Crippen LogP contribution in [0.1, 0.15) is 27.3 Å². The number of carbonyl (C=O) groups is 1. The molecule has 2 aromatic carbocycles. The molecule has 25 heavy (non-hydrogen) atoms. The SMILES string of the molecule is COc1ccc(-c2nc(COC(=O)c3ccc(C)c(C)c3)no2)cc1. The average Bonchev–Trinajstić information content (AvgIpc) is 3.11. The van der Waals surface area contributed by atoms with Gasteiger partial charge in [0.05, 0.1) is 12.7 Å². The zero-order valence-electron chi connectivity index (χ0n) is 14.3. The van der Waals surface area contributed by atoms with Crippen LogP contribution >= 0.6 is 0 Å². The van der Waals surface area contributed by atoms with Crippen LogP contribution in [0.2, 0.25) is 0 Å². The van der Waals surface area contributed by atoms with Crippen LogP contribution in [0.4, 0.5) is 0 Å². The predicted octanol–water partition coefficient (Wildman–Crippen LogP) is 3.72. The standard InChI is InChI=1S/C19H18N2O4/c1-12-4-5-15(10-13(12)2)19(22)24-11-17-20-18(25-21-17)14-6-8-16(23-3)9-7-14/h4-10H,11H2,1-3H3. The van der Waals surface area contributed by atoms with E-state index in [4.69, 9.17) is 14.0 Å². The summed E-state index contributed by atoms with van der Waals surface area (Å²) in [6, 6.07) is 12.7. The largest absolute Gasteiger partial charge is 0.497 e. The Morgan fingerprint density at radius 3 is 2.52 bits per heavy atom. The van der Waals surface area contributed by atoms with E-state index in [0.29, 0.717) is 17.3 Å². The van der Waals surface area contributed by atoms with E-state index in [1.54, 1.807) is 31.4 Å². The maximum atomic E-state index is 12.1. The molecule has 0 N–H and O–H groups in total. The van der Waals surface area contributed by atoms with Gasteiger partial charge in [0, 0.05) is 5.56 Å². The molecule has 1 aromatic heterocycles. The first-order valence-corrected chi connectivity index (χ1v) is 7.78. The number of carbonyl (C=O) groups excluding carboxylic acids is 1. The summed E-state index contributed by atoms with van der Waals surface area (Å²) in [7, 11) is 1.60. The Balaban J connectivity index is 1.64. The van der Waals surface area contributed by atoms with Crippen LogP contribution < -0.4 is 4.74 Å². The quantitative estimate of drug-likeness (QED) is 0.660.